The van der Waals surface area contributed by atoms with Gasteiger partial charge in [0.15, 0.2) is 0 Å². The first kappa shape index (κ1) is 28.8. The van der Waals surface area contributed by atoms with Crippen LogP contribution >= 0.6 is 0 Å². The third-order valence-corrected chi connectivity index (χ3v) is 11.8. The highest BCUT2D eigenvalue weighted by molar-refractivity contribution is 6.19. The highest BCUT2D eigenvalue weighted by Gasteiger charge is 2.51. The lowest BCUT2D eigenvalue weighted by Gasteiger charge is -2.39. The SMILES string of the molecule is c1ccc2c(c1)Oc1cc3c(cc1C21c2ccccc2-c2ccccc21)c1ccc2ccccc2c1n3-c1ccc(-c2cccc3ccccc23)cc1. The first-order valence-electron chi connectivity index (χ1n) is 18.3. The molecule has 9 aromatic carbocycles. The molecular weight excluding hydrogens is 643 g/mol. The Hall–Kier alpha value is -6.90. The number of hydrogen-bond acceptors (Lipinski definition) is 1. The topological polar surface area (TPSA) is 14.2 Å². The van der Waals surface area contributed by atoms with Crippen LogP contribution in [0.4, 0.5) is 0 Å². The van der Waals surface area contributed by atoms with Crippen molar-refractivity contribution in [3.05, 3.63) is 210 Å². The molecular formula is C51H31NO. The Balaban J connectivity index is 1.17. The molecule has 0 unspecified atom stereocenters. The third-order valence-electron chi connectivity index (χ3n) is 11.8. The lowest BCUT2D eigenvalue weighted by molar-refractivity contribution is 0.437. The van der Waals surface area contributed by atoms with Crippen LogP contribution < -0.4 is 4.74 Å². The first-order chi connectivity index (χ1) is 26.3. The van der Waals surface area contributed by atoms with Gasteiger partial charge in [0.05, 0.1) is 16.4 Å². The van der Waals surface area contributed by atoms with Gasteiger partial charge in [0.2, 0.25) is 0 Å². The maximum Gasteiger partial charge on any atom is 0.134 e. The van der Waals surface area contributed by atoms with Crippen molar-refractivity contribution in [2.75, 3.05) is 0 Å². The van der Waals surface area contributed by atoms with Crippen LogP contribution in [0.1, 0.15) is 22.3 Å². The summed E-state index contributed by atoms with van der Waals surface area (Å²) < 4.78 is 9.43. The van der Waals surface area contributed by atoms with E-state index in [-0.39, 0.29) is 0 Å². The fourth-order valence-electron chi connectivity index (χ4n) is 9.66. The van der Waals surface area contributed by atoms with Gasteiger partial charge >= 0.3 is 0 Å². The van der Waals surface area contributed by atoms with Gasteiger partial charge < -0.3 is 9.30 Å². The van der Waals surface area contributed by atoms with E-state index in [0.29, 0.717) is 0 Å². The van der Waals surface area contributed by atoms with Gasteiger partial charge in [-0.05, 0) is 73.8 Å². The van der Waals surface area contributed by atoms with Crippen LogP contribution in [-0.4, -0.2) is 4.57 Å². The highest BCUT2D eigenvalue weighted by atomic mass is 16.5. The predicted molar refractivity (Wildman–Crippen MR) is 219 cm³/mol. The number of benzene rings is 9. The Morgan fingerprint density at radius 1 is 0.377 bits per heavy atom. The third kappa shape index (κ3) is 3.77. The smallest absolute Gasteiger partial charge is 0.134 e. The maximum absolute atomic E-state index is 6.98. The number of aromatic nitrogens is 1. The lowest BCUT2D eigenvalue weighted by atomic mass is 9.66. The molecule has 0 atom stereocenters. The van der Waals surface area contributed by atoms with Crippen molar-refractivity contribution in [2.24, 2.45) is 0 Å². The highest BCUT2D eigenvalue weighted by Crippen LogP contribution is 2.62. The summed E-state index contributed by atoms with van der Waals surface area (Å²) in [7, 11) is 0. The van der Waals surface area contributed by atoms with Crippen LogP contribution in [0.5, 0.6) is 11.5 Å². The van der Waals surface area contributed by atoms with Crippen LogP contribution in [-0.2, 0) is 5.41 Å². The van der Waals surface area contributed by atoms with Crippen LogP contribution in [0.2, 0.25) is 0 Å². The van der Waals surface area contributed by atoms with Gasteiger partial charge in [0.1, 0.15) is 11.5 Å². The normalized spacial score (nSPS) is 13.6. The largest absolute Gasteiger partial charge is 0.457 e. The number of nitrogens with zero attached hydrogens (tertiary/aromatic N) is 1. The van der Waals surface area contributed by atoms with E-state index in [1.165, 1.54) is 82.3 Å². The van der Waals surface area contributed by atoms with Crippen molar-refractivity contribution >= 4 is 43.4 Å². The zero-order valence-electron chi connectivity index (χ0n) is 28.8. The average Bonchev–Trinajstić information content (AvgIpc) is 3.71. The average molecular weight is 674 g/mol. The van der Waals surface area contributed by atoms with E-state index in [0.717, 1.165) is 22.7 Å². The van der Waals surface area contributed by atoms with E-state index in [4.69, 9.17) is 4.74 Å². The fraction of sp³-hybridized carbons (Fsp3) is 0.0196. The summed E-state index contributed by atoms with van der Waals surface area (Å²) >= 11 is 0. The minimum absolute atomic E-state index is 0.517. The Morgan fingerprint density at radius 2 is 0.981 bits per heavy atom. The molecule has 0 amide bonds. The van der Waals surface area contributed by atoms with E-state index in [1.54, 1.807) is 0 Å². The number of rotatable bonds is 2. The number of para-hydroxylation sites is 1. The van der Waals surface area contributed by atoms with Crippen LogP contribution in [0.15, 0.2) is 188 Å². The molecule has 0 saturated carbocycles. The number of hydrogen-bond donors (Lipinski definition) is 0. The second kappa shape index (κ2) is 10.6. The summed E-state index contributed by atoms with van der Waals surface area (Å²) in [6, 6.07) is 68.9. The van der Waals surface area contributed by atoms with Gasteiger partial charge in [-0.3, -0.25) is 0 Å². The molecule has 0 saturated heterocycles. The Morgan fingerprint density at radius 3 is 1.75 bits per heavy atom. The molecule has 2 heterocycles. The standard InChI is InChI=1S/C51H31NO/c1-3-15-36-32(12-1)14-11-19-37(36)34-24-27-35(28-25-34)52-47-31-49-46(30-42(47)41-29-26-33-13-2-4-16-38(33)50(41)52)51(45-22-9-10-23-48(45)53-49)43-20-7-5-17-39(43)40-18-6-8-21-44(40)51/h1-31H. The van der Waals surface area contributed by atoms with Crippen molar-refractivity contribution < 1.29 is 4.74 Å². The Kier molecular flexibility index (Phi) is 5.73. The zero-order chi connectivity index (χ0) is 34.7. The number of fused-ring (bicyclic) bond motifs is 15. The first-order valence-corrected chi connectivity index (χ1v) is 18.3. The molecule has 0 N–H and O–H groups in total. The fourth-order valence-corrected chi connectivity index (χ4v) is 9.66. The summed E-state index contributed by atoms with van der Waals surface area (Å²) in [5.41, 5.74) is 12.9. The molecule has 2 heteroatoms. The van der Waals surface area contributed by atoms with Gasteiger partial charge in [-0.25, -0.2) is 0 Å². The van der Waals surface area contributed by atoms with Crippen molar-refractivity contribution in [1.82, 2.24) is 4.57 Å². The zero-order valence-corrected chi connectivity index (χ0v) is 28.8. The molecule has 1 spiro atoms. The van der Waals surface area contributed by atoms with Crippen molar-refractivity contribution in [3.8, 4) is 39.4 Å². The molecule has 12 rings (SSSR count). The monoisotopic (exact) mass is 673 g/mol. The Bertz CT molecular complexity index is 3100. The van der Waals surface area contributed by atoms with Crippen LogP contribution in [0.3, 0.4) is 0 Å². The minimum atomic E-state index is -0.517. The molecule has 1 aliphatic carbocycles. The second-order valence-corrected chi connectivity index (χ2v) is 14.4. The van der Waals surface area contributed by atoms with Gasteiger partial charge in [-0.1, -0.05) is 158 Å². The van der Waals surface area contributed by atoms with Crippen molar-refractivity contribution in [3.63, 3.8) is 0 Å². The Labute approximate surface area is 306 Å². The van der Waals surface area contributed by atoms with Gasteiger partial charge in [-0.2, -0.15) is 0 Å². The summed E-state index contributed by atoms with van der Waals surface area (Å²) in [4.78, 5) is 0. The van der Waals surface area contributed by atoms with Gasteiger partial charge in [0, 0.05) is 39.0 Å². The second-order valence-electron chi connectivity index (χ2n) is 14.4. The lowest BCUT2D eigenvalue weighted by Crippen LogP contribution is -2.32. The summed E-state index contributed by atoms with van der Waals surface area (Å²) in [5, 5.41) is 7.41. The molecule has 246 valence electrons. The minimum Gasteiger partial charge on any atom is -0.457 e. The van der Waals surface area contributed by atoms with E-state index >= 15 is 0 Å². The summed E-state index contributed by atoms with van der Waals surface area (Å²) in [6.07, 6.45) is 0. The van der Waals surface area contributed by atoms with Gasteiger partial charge in [-0.15, -0.1) is 0 Å². The van der Waals surface area contributed by atoms with E-state index < -0.39 is 5.41 Å². The molecule has 1 aliphatic heterocycles. The number of ether oxygens (including phenoxy) is 1. The van der Waals surface area contributed by atoms with E-state index in [9.17, 15) is 0 Å². The summed E-state index contributed by atoms with van der Waals surface area (Å²) in [5.74, 6) is 1.79. The molecule has 2 nitrogen and oxygen atoms in total. The van der Waals surface area contributed by atoms with E-state index in [2.05, 4.69) is 193 Å². The molecule has 1 aromatic heterocycles. The maximum atomic E-state index is 6.98. The molecule has 2 aliphatic rings. The quantitative estimate of drug-likeness (QED) is 0.178. The molecule has 53 heavy (non-hydrogen) atoms. The molecule has 0 bridgehead atoms. The van der Waals surface area contributed by atoms with Crippen molar-refractivity contribution in [1.29, 1.82) is 0 Å². The van der Waals surface area contributed by atoms with Crippen LogP contribution in [0.25, 0.3) is 71.3 Å². The van der Waals surface area contributed by atoms with Gasteiger partial charge in [0.25, 0.3) is 0 Å². The van der Waals surface area contributed by atoms with Crippen LogP contribution in [0, 0.1) is 0 Å². The molecule has 0 radical (unpaired) electrons. The predicted octanol–water partition coefficient (Wildman–Crippen LogP) is 13.2. The summed E-state index contributed by atoms with van der Waals surface area (Å²) in [6.45, 7) is 0. The molecule has 0 fully saturated rings. The van der Waals surface area contributed by atoms with Crippen molar-refractivity contribution in [2.45, 2.75) is 5.41 Å². The molecule has 10 aromatic rings. The van der Waals surface area contributed by atoms with E-state index in [1.807, 2.05) is 0 Å².